The van der Waals surface area contributed by atoms with E-state index in [1.54, 1.807) is 24.4 Å². The summed E-state index contributed by atoms with van der Waals surface area (Å²) in [6, 6.07) is 6.31. The first-order chi connectivity index (χ1) is 12.0. The van der Waals surface area contributed by atoms with Crippen molar-refractivity contribution in [3.63, 3.8) is 0 Å². The molecule has 128 valence electrons. The highest BCUT2D eigenvalue weighted by Gasteiger charge is 2.37. The lowest BCUT2D eigenvalue weighted by molar-refractivity contribution is 0.0693. The third-order valence-electron chi connectivity index (χ3n) is 3.96. The Hall–Kier alpha value is -2.91. The van der Waals surface area contributed by atoms with Gasteiger partial charge in [-0.3, -0.25) is 9.78 Å². The number of hydrogen-bond acceptors (Lipinski definition) is 6. The lowest BCUT2D eigenvalue weighted by Gasteiger charge is -2.28. The van der Waals surface area contributed by atoms with Gasteiger partial charge >= 0.3 is 13.1 Å². The number of carbonyl (C=O) groups is 2. The molecule has 0 radical (unpaired) electrons. The van der Waals surface area contributed by atoms with Crippen LogP contribution in [0, 0.1) is 0 Å². The summed E-state index contributed by atoms with van der Waals surface area (Å²) in [6.07, 6.45) is 3.22. The highest BCUT2D eigenvalue weighted by molar-refractivity contribution is 6.47. The van der Waals surface area contributed by atoms with Crippen molar-refractivity contribution < 1.29 is 24.4 Å². The van der Waals surface area contributed by atoms with Gasteiger partial charge in [0, 0.05) is 18.9 Å². The molecule has 1 aromatic heterocycles. The number of hydrogen-bond donors (Lipinski definition) is 4. The Balaban J connectivity index is 1.79. The second kappa shape index (κ2) is 6.92. The van der Waals surface area contributed by atoms with E-state index in [1.807, 2.05) is 0 Å². The van der Waals surface area contributed by atoms with Crippen molar-refractivity contribution in [2.75, 3.05) is 0 Å². The number of pyridine rings is 1. The number of carbonyl (C=O) groups excluding carboxylic acids is 1. The van der Waals surface area contributed by atoms with Crippen molar-refractivity contribution in [2.45, 2.75) is 18.9 Å². The number of carboxylic acids is 1. The van der Waals surface area contributed by atoms with Crippen LogP contribution in [0.1, 0.15) is 31.8 Å². The van der Waals surface area contributed by atoms with Gasteiger partial charge in [-0.2, -0.15) is 0 Å². The summed E-state index contributed by atoms with van der Waals surface area (Å²) in [4.78, 5) is 27.6. The number of nitrogens with one attached hydrogen (secondary N) is 1. The largest absolute Gasteiger partial charge is 0.547 e. The highest BCUT2D eigenvalue weighted by atomic mass is 16.5. The minimum Gasteiger partial charge on any atom is -0.534 e. The molecule has 3 rings (SSSR count). The van der Waals surface area contributed by atoms with Gasteiger partial charge in [-0.1, -0.05) is 12.1 Å². The number of rotatable bonds is 4. The van der Waals surface area contributed by atoms with Gasteiger partial charge in [0.25, 0.3) is 5.91 Å². The zero-order valence-corrected chi connectivity index (χ0v) is 13.2. The Morgan fingerprint density at radius 3 is 2.92 bits per heavy atom. The smallest absolute Gasteiger partial charge is 0.534 e. The summed E-state index contributed by atoms with van der Waals surface area (Å²) in [5, 5.41) is 22.0. The van der Waals surface area contributed by atoms with E-state index >= 15 is 0 Å². The van der Waals surface area contributed by atoms with E-state index in [-0.39, 0.29) is 24.3 Å². The first-order valence-corrected chi connectivity index (χ1v) is 7.64. The van der Waals surface area contributed by atoms with Crippen LogP contribution < -0.4 is 15.7 Å². The van der Waals surface area contributed by atoms with E-state index < -0.39 is 24.9 Å². The maximum Gasteiger partial charge on any atom is 0.547 e. The van der Waals surface area contributed by atoms with Crippen molar-refractivity contribution in [3.8, 4) is 5.75 Å². The molecule has 1 unspecified atom stereocenters. The fourth-order valence-corrected chi connectivity index (χ4v) is 2.69. The maximum absolute atomic E-state index is 12.4. The number of carboxylic acid groups (broad SMARTS) is 1. The van der Waals surface area contributed by atoms with Gasteiger partial charge < -0.3 is 25.8 Å². The molecule has 1 amide bonds. The van der Waals surface area contributed by atoms with Gasteiger partial charge in [0.1, 0.15) is 5.75 Å². The molecule has 2 aromatic rings. The number of aromatic nitrogens is 1. The first kappa shape index (κ1) is 16.9. The predicted octanol–water partition coefficient (Wildman–Crippen LogP) is -0.00830. The molecule has 9 heteroatoms. The molecule has 0 saturated carbocycles. The number of fused-ring (bicyclic) bond motifs is 1. The molecule has 0 bridgehead atoms. The minimum atomic E-state index is -1.36. The van der Waals surface area contributed by atoms with E-state index in [4.69, 9.17) is 10.4 Å². The van der Waals surface area contributed by atoms with E-state index in [0.29, 0.717) is 16.7 Å². The topological polar surface area (TPSA) is 135 Å². The summed E-state index contributed by atoms with van der Waals surface area (Å²) < 4.78 is 5.34. The zero-order valence-electron chi connectivity index (χ0n) is 13.2. The SMILES string of the molecule is NCc1cncc(C(=O)NC2Cc3cccc(C(=O)O)c3OB2O)c1. The summed E-state index contributed by atoms with van der Waals surface area (Å²) >= 11 is 0. The van der Waals surface area contributed by atoms with Crippen LogP contribution in [-0.2, 0) is 13.0 Å². The average molecular weight is 341 g/mol. The van der Waals surface area contributed by atoms with Crippen molar-refractivity contribution in [1.29, 1.82) is 0 Å². The standard InChI is InChI=1S/C16H16BN3O5/c18-6-9-4-11(8-19-7-9)15(21)20-13-5-10-2-1-3-12(16(22)23)14(10)25-17(13)24/h1-4,7-8,13,24H,5-6,18H2,(H,20,21)(H,22,23). The van der Waals surface area contributed by atoms with Crippen molar-refractivity contribution in [2.24, 2.45) is 5.73 Å². The molecule has 0 fully saturated rings. The third-order valence-corrected chi connectivity index (χ3v) is 3.96. The highest BCUT2D eigenvalue weighted by Crippen LogP contribution is 2.30. The van der Waals surface area contributed by atoms with E-state index in [0.717, 1.165) is 0 Å². The number of amides is 1. The number of para-hydroxylation sites is 1. The second-order valence-electron chi connectivity index (χ2n) is 5.68. The molecule has 2 heterocycles. The lowest BCUT2D eigenvalue weighted by Crippen LogP contribution is -2.53. The van der Waals surface area contributed by atoms with Crippen LogP contribution in [0.15, 0.2) is 36.7 Å². The Kier molecular flexibility index (Phi) is 4.69. The summed E-state index contributed by atoms with van der Waals surface area (Å²) in [6.45, 7) is 0.259. The molecule has 25 heavy (non-hydrogen) atoms. The number of nitrogens with two attached hydrogens (primary N) is 1. The summed E-state index contributed by atoms with van der Waals surface area (Å²) in [5.41, 5.74) is 7.14. The molecule has 1 atom stereocenters. The maximum atomic E-state index is 12.4. The monoisotopic (exact) mass is 341 g/mol. The molecular weight excluding hydrogens is 325 g/mol. The van der Waals surface area contributed by atoms with Crippen LogP contribution in [0.5, 0.6) is 5.75 Å². The normalized spacial score (nSPS) is 15.9. The first-order valence-electron chi connectivity index (χ1n) is 7.64. The lowest BCUT2D eigenvalue weighted by atomic mass is 9.72. The van der Waals surface area contributed by atoms with Crippen LogP contribution >= 0.6 is 0 Å². The van der Waals surface area contributed by atoms with Crippen LogP contribution in [0.25, 0.3) is 0 Å². The molecule has 5 N–H and O–H groups in total. The van der Waals surface area contributed by atoms with Crippen LogP contribution in [-0.4, -0.2) is 40.1 Å². The third kappa shape index (κ3) is 3.47. The average Bonchev–Trinajstić information content (AvgIpc) is 2.61. The zero-order chi connectivity index (χ0) is 18.0. The Morgan fingerprint density at radius 2 is 2.20 bits per heavy atom. The Morgan fingerprint density at radius 1 is 1.40 bits per heavy atom. The van der Waals surface area contributed by atoms with E-state index in [2.05, 4.69) is 10.3 Å². The Bertz CT molecular complexity index is 829. The fraction of sp³-hybridized carbons (Fsp3) is 0.188. The summed E-state index contributed by atoms with van der Waals surface area (Å²) in [5.74, 6) is -2.16. The predicted molar refractivity (Wildman–Crippen MR) is 89.1 cm³/mol. The minimum absolute atomic E-state index is 0.0267. The van der Waals surface area contributed by atoms with Gasteiger partial charge in [-0.25, -0.2) is 4.79 Å². The number of benzene rings is 1. The van der Waals surface area contributed by atoms with Gasteiger partial charge in [-0.05, 0) is 29.7 Å². The number of aromatic carboxylic acids is 1. The van der Waals surface area contributed by atoms with Crippen LogP contribution in [0.3, 0.4) is 0 Å². The van der Waals surface area contributed by atoms with Gasteiger partial charge in [0.05, 0.1) is 17.1 Å². The second-order valence-corrected chi connectivity index (χ2v) is 5.68. The van der Waals surface area contributed by atoms with Gasteiger partial charge in [0.15, 0.2) is 0 Å². The molecule has 8 nitrogen and oxygen atoms in total. The fourth-order valence-electron chi connectivity index (χ4n) is 2.69. The molecule has 0 aliphatic carbocycles. The van der Waals surface area contributed by atoms with E-state index in [1.165, 1.54) is 12.3 Å². The van der Waals surface area contributed by atoms with Crippen molar-refractivity contribution in [3.05, 3.63) is 58.9 Å². The van der Waals surface area contributed by atoms with Crippen molar-refractivity contribution in [1.82, 2.24) is 10.3 Å². The molecule has 0 saturated heterocycles. The van der Waals surface area contributed by atoms with Crippen LogP contribution in [0.4, 0.5) is 0 Å². The van der Waals surface area contributed by atoms with Crippen LogP contribution in [0.2, 0.25) is 0 Å². The molecule has 1 aliphatic heterocycles. The molecule has 1 aliphatic rings. The van der Waals surface area contributed by atoms with E-state index in [9.17, 15) is 19.7 Å². The van der Waals surface area contributed by atoms with Gasteiger partial charge in [-0.15, -0.1) is 0 Å². The Labute approximate surface area is 143 Å². The van der Waals surface area contributed by atoms with Crippen molar-refractivity contribution >= 4 is 19.0 Å². The molecule has 0 spiro atoms. The number of nitrogens with zero attached hydrogens (tertiary/aromatic N) is 1. The quantitative estimate of drug-likeness (QED) is 0.575. The molecule has 1 aromatic carbocycles. The van der Waals surface area contributed by atoms with Gasteiger partial charge in [0.2, 0.25) is 0 Å². The molecular formula is C16H16BN3O5. The summed E-state index contributed by atoms with van der Waals surface area (Å²) in [7, 11) is -1.36.